The van der Waals surface area contributed by atoms with Gasteiger partial charge in [-0.25, -0.2) is 0 Å². The standard InChI is InChI=1S/C10H18N4/c1-13-4-3-8(7-13)5-9-6-10(11)14(2)12-9/h6,8H,3-5,7,11H2,1-2H3. The van der Waals surface area contributed by atoms with Crippen LogP contribution in [0.5, 0.6) is 0 Å². The van der Waals surface area contributed by atoms with Crippen molar-refractivity contribution in [2.75, 3.05) is 25.9 Å². The molecule has 2 heterocycles. The fraction of sp³-hybridized carbons (Fsp3) is 0.700. The van der Waals surface area contributed by atoms with E-state index in [1.165, 1.54) is 19.5 Å². The Bertz CT molecular complexity index is 298. The minimum atomic E-state index is 0.756. The summed E-state index contributed by atoms with van der Waals surface area (Å²) in [4.78, 5) is 2.37. The smallest absolute Gasteiger partial charge is 0.121 e. The molecule has 0 spiro atoms. The normalized spacial score (nSPS) is 23.1. The van der Waals surface area contributed by atoms with Crippen molar-refractivity contribution in [3.8, 4) is 0 Å². The van der Waals surface area contributed by atoms with Gasteiger partial charge in [-0.1, -0.05) is 0 Å². The maximum Gasteiger partial charge on any atom is 0.121 e. The van der Waals surface area contributed by atoms with E-state index >= 15 is 0 Å². The summed E-state index contributed by atoms with van der Waals surface area (Å²) in [7, 11) is 4.06. The second-order valence-corrected chi connectivity index (χ2v) is 4.31. The third-order valence-electron chi connectivity index (χ3n) is 2.95. The number of aromatic nitrogens is 2. The third kappa shape index (κ3) is 1.90. The highest BCUT2D eigenvalue weighted by molar-refractivity contribution is 5.30. The van der Waals surface area contributed by atoms with Crippen LogP contribution in [0.25, 0.3) is 0 Å². The lowest BCUT2D eigenvalue weighted by Gasteiger charge is -2.07. The molecular weight excluding hydrogens is 176 g/mol. The van der Waals surface area contributed by atoms with Crippen LogP contribution >= 0.6 is 0 Å². The maximum absolute atomic E-state index is 5.73. The lowest BCUT2D eigenvalue weighted by molar-refractivity contribution is 0.393. The van der Waals surface area contributed by atoms with Crippen molar-refractivity contribution in [1.82, 2.24) is 14.7 Å². The van der Waals surface area contributed by atoms with E-state index in [4.69, 9.17) is 5.73 Å². The third-order valence-corrected chi connectivity index (χ3v) is 2.95. The van der Waals surface area contributed by atoms with Gasteiger partial charge in [0.25, 0.3) is 0 Å². The number of rotatable bonds is 2. The molecule has 2 rings (SSSR count). The summed E-state index contributed by atoms with van der Waals surface area (Å²) in [5.74, 6) is 1.51. The van der Waals surface area contributed by atoms with Crippen molar-refractivity contribution in [3.05, 3.63) is 11.8 Å². The zero-order valence-corrected chi connectivity index (χ0v) is 8.90. The zero-order chi connectivity index (χ0) is 10.1. The Morgan fingerprint density at radius 3 is 2.86 bits per heavy atom. The SMILES string of the molecule is CN1CCC(Cc2cc(N)n(C)n2)C1. The largest absolute Gasteiger partial charge is 0.384 e. The molecule has 1 aromatic rings. The van der Waals surface area contributed by atoms with Gasteiger partial charge < -0.3 is 10.6 Å². The van der Waals surface area contributed by atoms with Gasteiger partial charge in [0.05, 0.1) is 5.69 Å². The molecule has 1 saturated heterocycles. The molecule has 0 bridgehead atoms. The van der Waals surface area contributed by atoms with Crippen LogP contribution in [0.15, 0.2) is 6.07 Å². The van der Waals surface area contributed by atoms with Crippen LogP contribution < -0.4 is 5.73 Å². The minimum Gasteiger partial charge on any atom is -0.384 e. The first-order valence-corrected chi connectivity index (χ1v) is 5.12. The van der Waals surface area contributed by atoms with E-state index in [-0.39, 0.29) is 0 Å². The highest BCUT2D eigenvalue weighted by Crippen LogP contribution is 2.19. The number of nitrogens with two attached hydrogens (primary N) is 1. The Hall–Kier alpha value is -1.03. The molecule has 0 aliphatic carbocycles. The first-order valence-electron chi connectivity index (χ1n) is 5.12. The summed E-state index contributed by atoms with van der Waals surface area (Å²) in [6, 6.07) is 1.98. The van der Waals surface area contributed by atoms with Gasteiger partial charge in [-0.15, -0.1) is 0 Å². The van der Waals surface area contributed by atoms with Gasteiger partial charge >= 0.3 is 0 Å². The van der Waals surface area contributed by atoms with Gasteiger partial charge in [0.15, 0.2) is 0 Å². The van der Waals surface area contributed by atoms with Crippen LogP contribution in [0, 0.1) is 5.92 Å². The summed E-state index contributed by atoms with van der Waals surface area (Å²) >= 11 is 0. The van der Waals surface area contributed by atoms with Crippen molar-refractivity contribution in [3.63, 3.8) is 0 Å². The summed E-state index contributed by atoms with van der Waals surface area (Å²) in [6.45, 7) is 2.41. The molecule has 1 fully saturated rings. The van der Waals surface area contributed by atoms with Crippen molar-refractivity contribution in [2.24, 2.45) is 13.0 Å². The van der Waals surface area contributed by atoms with Crippen LogP contribution in [-0.2, 0) is 13.5 Å². The summed E-state index contributed by atoms with van der Waals surface area (Å²) in [5, 5.41) is 4.37. The Balaban J connectivity index is 1.97. The molecule has 0 aromatic carbocycles. The van der Waals surface area contributed by atoms with Gasteiger partial charge in [0.2, 0.25) is 0 Å². The highest BCUT2D eigenvalue weighted by Gasteiger charge is 2.20. The average Bonchev–Trinajstić information content (AvgIpc) is 2.62. The predicted molar refractivity (Wildman–Crippen MR) is 56.9 cm³/mol. The van der Waals surface area contributed by atoms with Gasteiger partial charge in [0, 0.05) is 19.7 Å². The van der Waals surface area contributed by atoms with E-state index in [0.29, 0.717) is 0 Å². The van der Waals surface area contributed by atoms with Gasteiger partial charge in [0.1, 0.15) is 5.82 Å². The molecule has 1 aliphatic rings. The van der Waals surface area contributed by atoms with Crippen LogP contribution in [0.1, 0.15) is 12.1 Å². The molecule has 14 heavy (non-hydrogen) atoms. The number of nitrogens with zero attached hydrogens (tertiary/aromatic N) is 3. The zero-order valence-electron chi connectivity index (χ0n) is 8.90. The van der Waals surface area contributed by atoms with E-state index in [1.54, 1.807) is 4.68 Å². The van der Waals surface area contributed by atoms with Crippen LogP contribution in [0.4, 0.5) is 5.82 Å². The quantitative estimate of drug-likeness (QED) is 0.745. The molecule has 1 aliphatic heterocycles. The Kier molecular flexibility index (Phi) is 2.46. The molecule has 1 aromatic heterocycles. The fourth-order valence-electron chi connectivity index (χ4n) is 2.13. The van der Waals surface area contributed by atoms with E-state index < -0.39 is 0 Å². The lowest BCUT2D eigenvalue weighted by Crippen LogP contribution is -2.15. The molecule has 2 N–H and O–H groups in total. The van der Waals surface area contributed by atoms with Gasteiger partial charge in [-0.05, 0) is 32.4 Å². The maximum atomic E-state index is 5.73. The van der Waals surface area contributed by atoms with Crippen molar-refractivity contribution in [1.29, 1.82) is 0 Å². The van der Waals surface area contributed by atoms with Crippen LogP contribution in [0.2, 0.25) is 0 Å². The molecule has 4 nitrogen and oxygen atoms in total. The average molecular weight is 194 g/mol. The molecule has 1 unspecified atom stereocenters. The second kappa shape index (κ2) is 3.61. The van der Waals surface area contributed by atoms with E-state index in [2.05, 4.69) is 17.0 Å². The van der Waals surface area contributed by atoms with Crippen molar-refractivity contribution >= 4 is 5.82 Å². The summed E-state index contributed by atoms with van der Waals surface area (Å²) in [6.07, 6.45) is 2.35. The summed E-state index contributed by atoms with van der Waals surface area (Å²) in [5.41, 5.74) is 6.86. The van der Waals surface area contributed by atoms with Gasteiger partial charge in [-0.2, -0.15) is 5.10 Å². The first kappa shape index (κ1) is 9.52. The molecular formula is C10H18N4. The molecule has 0 saturated carbocycles. The van der Waals surface area contributed by atoms with E-state index in [1.807, 2.05) is 13.1 Å². The minimum absolute atomic E-state index is 0.756. The number of aryl methyl sites for hydroxylation is 1. The molecule has 4 heteroatoms. The van der Waals surface area contributed by atoms with E-state index in [9.17, 15) is 0 Å². The van der Waals surface area contributed by atoms with Crippen molar-refractivity contribution in [2.45, 2.75) is 12.8 Å². The van der Waals surface area contributed by atoms with Crippen molar-refractivity contribution < 1.29 is 0 Å². The molecule has 0 radical (unpaired) electrons. The van der Waals surface area contributed by atoms with Crippen LogP contribution in [0.3, 0.4) is 0 Å². The molecule has 78 valence electrons. The number of anilines is 1. The summed E-state index contributed by atoms with van der Waals surface area (Å²) < 4.78 is 1.74. The fourth-order valence-corrected chi connectivity index (χ4v) is 2.13. The number of hydrogen-bond donors (Lipinski definition) is 1. The second-order valence-electron chi connectivity index (χ2n) is 4.31. The molecule has 0 amide bonds. The monoisotopic (exact) mass is 194 g/mol. The Labute approximate surface area is 84.7 Å². The van der Waals surface area contributed by atoms with Gasteiger partial charge in [-0.3, -0.25) is 4.68 Å². The predicted octanol–water partition coefficient (Wildman–Crippen LogP) is 0.496. The highest BCUT2D eigenvalue weighted by atomic mass is 15.3. The number of nitrogen functional groups attached to an aromatic ring is 1. The van der Waals surface area contributed by atoms with Crippen LogP contribution in [-0.4, -0.2) is 34.8 Å². The lowest BCUT2D eigenvalue weighted by atomic mass is 10.0. The Morgan fingerprint density at radius 1 is 1.57 bits per heavy atom. The van der Waals surface area contributed by atoms with E-state index in [0.717, 1.165) is 23.9 Å². The Morgan fingerprint density at radius 2 is 2.36 bits per heavy atom. The molecule has 1 atom stereocenters. The topological polar surface area (TPSA) is 47.1 Å². The number of hydrogen-bond acceptors (Lipinski definition) is 3. The number of likely N-dealkylation sites (tertiary alicyclic amines) is 1. The first-order chi connectivity index (χ1) is 6.65.